The van der Waals surface area contributed by atoms with Crippen molar-refractivity contribution in [1.29, 1.82) is 0 Å². The summed E-state index contributed by atoms with van der Waals surface area (Å²) in [7, 11) is 0. The number of aromatic nitrogens is 1. The Balaban J connectivity index is 2.07. The maximum atomic E-state index is 6.02. The molecule has 3 heteroatoms. The molecule has 0 spiro atoms. The summed E-state index contributed by atoms with van der Waals surface area (Å²) in [5, 5.41) is 0. The van der Waals surface area contributed by atoms with E-state index in [1.807, 2.05) is 37.4 Å². The zero-order valence-electron chi connectivity index (χ0n) is 8.68. The van der Waals surface area contributed by atoms with Crippen molar-refractivity contribution < 1.29 is 4.42 Å². The summed E-state index contributed by atoms with van der Waals surface area (Å²) in [4.78, 5) is 4.05. The van der Waals surface area contributed by atoms with Crippen LogP contribution >= 0.6 is 0 Å². The summed E-state index contributed by atoms with van der Waals surface area (Å²) in [6, 6.07) is 7.69. The van der Waals surface area contributed by atoms with Gasteiger partial charge in [0.2, 0.25) is 0 Å². The van der Waals surface area contributed by atoms with Crippen LogP contribution in [0.4, 0.5) is 0 Å². The normalized spacial score (nSPS) is 12.7. The van der Waals surface area contributed by atoms with E-state index in [0.717, 1.165) is 23.5 Å². The van der Waals surface area contributed by atoms with Crippen molar-refractivity contribution >= 4 is 0 Å². The van der Waals surface area contributed by atoms with Crippen molar-refractivity contribution in [3.63, 3.8) is 0 Å². The summed E-state index contributed by atoms with van der Waals surface area (Å²) in [6.07, 6.45) is 4.34. The molecular weight excluding hydrogens is 188 g/mol. The van der Waals surface area contributed by atoms with Crippen molar-refractivity contribution in [3.05, 3.63) is 53.7 Å². The molecule has 0 saturated heterocycles. The van der Waals surface area contributed by atoms with E-state index in [-0.39, 0.29) is 6.04 Å². The zero-order chi connectivity index (χ0) is 10.7. The van der Waals surface area contributed by atoms with Crippen LogP contribution in [0.25, 0.3) is 0 Å². The molecule has 0 bridgehead atoms. The largest absolute Gasteiger partial charge is 0.465 e. The molecule has 2 rings (SSSR count). The van der Waals surface area contributed by atoms with E-state index < -0.39 is 0 Å². The summed E-state index contributed by atoms with van der Waals surface area (Å²) >= 11 is 0. The lowest BCUT2D eigenvalue weighted by Gasteiger charge is -2.07. The maximum Gasteiger partial charge on any atom is 0.121 e. The highest BCUT2D eigenvalue weighted by molar-refractivity contribution is 5.15. The quantitative estimate of drug-likeness (QED) is 0.830. The SMILES string of the molecule is Cc1ccc(C(N)Cc2cccnc2)o1. The molecule has 2 heterocycles. The Morgan fingerprint density at radius 1 is 1.40 bits per heavy atom. The topological polar surface area (TPSA) is 52.0 Å². The first kappa shape index (κ1) is 9.93. The van der Waals surface area contributed by atoms with Crippen molar-refractivity contribution in [2.24, 2.45) is 5.73 Å². The number of aryl methyl sites for hydroxylation is 1. The summed E-state index contributed by atoms with van der Waals surface area (Å²) in [5.74, 6) is 1.72. The summed E-state index contributed by atoms with van der Waals surface area (Å²) in [6.45, 7) is 1.92. The van der Waals surface area contributed by atoms with Gasteiger partial charge >= 0.3 is 0 Å². The van der Waals surface area contributed by atoms with Crippen LogP contribution in [0.15, 0.2) is 41.1 Å². The minimum absolute atomic E-state index is 0.0945. The van der Waals surface area contributed by atoms with Gasteiger partial charge in [-0.3, -0.25) is 4.98 Å². The van der Waals surface area contributed by atoms with Crippen LogP contribution in [0.2, 0.25) is 0 Å². The van der Waals surface area contributed by atoms with Crippen LogP contribution in [0.1, 0.15) is 23.1 Å². The first-order valence-electron chi connectivity index (χ1n) is 4.96. The third-order valence-corrected chi connectivity index (χ3v) is 2.31. The molecule has 0 aromatic carbocycles. The average molecular weight is 202 g/mol. The highest BCUT2D eigenvalue weighted by Crippen LogP contribution is 2.17. The zero-order valence-corrected chi connectivity index (χ0v) is 8.68. The second kappa shape index (κ2) is 4.28. The highest BCUT2D eigenvalue weighted by Gasteiger charge is 2.10. The number of hydrogen-bond donors (Lipinski definition) is 1. The van der Waals surface area contributed by atoms with E-state index in [0.29, 0.717) is 0 Å². The molecule has 0 amide bonds. The van der Waals surface area contributed by atoms with Crippen molar-refractivity contribution in [1.82, 2.24) is 4.98 Å². The third-order valence-electron chi connectivity index (χ3n) is 2.31. The second-order valence-corrected chi connectivity index (χ2v) is 3.62. The molecule has 1 atom stereocenters. The first-order chi connectivity index (χ1) is 7.25. The van der Waals surface area contributed by atoms with Gasteiger partial charge in [-0.2, -0.15) is 0 Å². The van der Waals surface area contributed by atoms with Crippen LogP contribution < -0.4 is 5.73 Å². The molecular formula is C12H14N2O. The number of rotatable bonds is 3. The second-order valence-electron chi connectivity index (χ2n) is 3.62. The van der Waals surface area contributed by atoms with Crippen LogP contribution in [0.3, 0.4) is 0 Å². The Labute approximate surface area is 88.9 Å². The van der Waals surface area contributed by atoms with Gasteiger partial charge in [0, 0.05) is 12.4 Å². The molecule has 0 saturated carbocycles. The smallest absolute Gasteiger partial charge is 0.121 e. The summed E-state index contributed by atoms with van der Waals surface area (Å²) in [5.41, 5.74) is 7.14. The fraction of sp³-hybridized carbons (Fsp3) is 0.250. The Hall–Kier alpha value is -1.61. The fourth-order valence-electron chi connectivity index (χ4n) is 1.53. The van der Waals surface area contributed by atoms with Gasteiger partial charge in [0.15, 0.2) is 0 Å². The maximum absolute atomic E-state index is 6.02. The Morgan fingerprint density at radius 3 is 2.87 bits per heavy atom. The van der Waals surface area contributed by atoms with Crippen LogP contribution in [0, 0.1) is 6.92 Å². The predicted molar refractivity (Wildman–Crippen MR) is 58.3 cm³/mol. The third kappa shape index (κ3) is 2.44. The molecule has 0 fully saturated rings. The van der Waals surface area contributed by atoms with E-state index in [2.05, 4.69) is 4.98 Å². The van der Waals surface area contributed by atoms with Crippen LogP contribution in [-0.2, 0) is 6.42 Å². The minimum Gasteiger partial charge on any atom is -0.465 e. The van der Waals surface area contributed by atoms with Crippen molar-refractivity contribution in [2.75, 3.05) is 0 Å². The van der Waals surface area contributed by atoms with Gasteiger partial charge in [0.1, 0.15) is 11.5 Å². The van der Waals surface area contributed by atoms with Gasteiger partial charge in [-0.15, -0.1) is 0 Å². The van der Waals surface area contributed by atoms with Gasteiger partial charge in [0.05, 0.1) is 6.04 Å². The molecule has 0 aliphatic carbocycles. The highest BCUT2D eigenvalue weighted by atomic mass is 16.3. The van der Waals surface area contributed by atoms with E-state index in [4.69, 9.17) is 10.2 Å². The van der Waals surface area contributed by atoms with E-state index in [1.165, 1.54) is 0 Å². The summed E-state index contributed by atoms with van der Waals surface area (Å²) < 4.78 is 5.47. The Kier molecular flexibility index (Phi) is 2.83. The average Bonchev–Trinajstić information content (AvgIpc) is 2.66. The number of pyridine rings is 1. The lowest BCUT2D eigenvalue weighted by molar-refractivity contribution is 0.444. The van der Waals surface area contributed by atoms with Gasteiger partial charge in [-0.1, -0.05) is 6.07 Å². The number of nitrogens with zero attached hydrogens (tertiary/aromatic N) is 1. The first-order valence-corrected chi connectivity index (χ1v) is 4.96. The van der Waals surface area contributed by atoms with Gasteiger partial charge in [-0.05, 0) is 37.1 Å². The molecule has 78 valence electrons. The van der Waals surface area contributed by atoms with Crippen LogP contribution in [-0.4, -0.2) is 4.98 Å². The molecule has 15 heavy (non-hydrogen) atoms. The Morgan fingerprint density at radius 2 is 2.27 bits per heavy atom. The van der Waals surface area contributed by atoms with E-state index in [9.17, 15) is 0 Å². The molecule has 0 radical (unpaired) electrons. The van der Waals surface area contributed by atoms with E-state index in [1.54, 1.807) is 6.20 Å². The lowest BCUT2D eigenvalue weighted by atomic mass is 10.1. The molecule has 1 unspecified atom stereocenters. The molecule has 2 aromatic heterocycles. The lowest BCUT2D eigenvalue weighted by Crippen LogP contribution is -2.12. The molecule has 2 aromatic rings. The molecule has 3 nitrogen and oxygen atoms in total. The standard InChI is InChI=1S/C12H14N2O/c1-9-4-5-12(15-9)11(13)7-10-3-2-6-14-8-10/h2-6,8,11H,7,13H2,1H3. The van der Waals surface area contributed by atoms with Crippen LogP contribution in [0.5, 0.6) is 0 Å². The van der Waals surface area contributed by atoms with Crippen molar-refractivity contribution in [2.45, 2.75) is 19.4 Å². The van der Waals surface area contributed by atoms with E-state index >= 15 is 0 Å². The number of nitrogens with two attached hydrogens (primary N) is 1. The molecule has 2 N–H and O–H groups in total. The molecule has 0 aliphatic heterocycles. The number of furan rings is 1. The van der Waals surface area contributed by atoms with Gasteiger partial charge < -0.3 is 10.2 Å². The van der Waals surface area contributed by atoms with Gasteiger partial charge in [0.25, 0.3) is 0 Å². The minimum atomic E-state index is -0.0945. The number of hydrogen-bond acceptors (Lipinski definition) is 3. The predicted octanol–water partition coefficient (Wildman–Crippen LogP) is 2.23. The monoisotopic (exact) mass is 202 g/mol. The van der Waals surface area contributed by atoms with Gasteiger partial charge in [-0.25, -0.2) is 0 Å². The Bertz CT molecular complexity index is 422. The van der Waals surface area contributed by atoms with Crippen molar-refractivity contribution in [3.8, 4) is 0 Å². The molecule has 0 aliphatic rings. The fourth-order valence-corrected chi connectivity index (χ4v) is 1.53.